The largest absolute Gasteiger partial charge is 0.370 e. The van der Waals surface area contributed by atoms with Gasteiger partial charge in [-0.05, 0) is 31.4 Å². The SMILES string of the molecule is CCCNc1nc(CC)nc(Sc2nnc(SC)s2)c1C. The average molecular weight is 342 g/mol. The lowest BCUT2D eigenvalue weighted by Crippen LogP contribution is -2.08. The highest BCUT2D eigenvalue weighted by Crippen LogP contribution is 2.35. The van der Waals surface area contributed by atoms with Gasteiger partial charge in [-0.3, -0.25) is 0 Å². The average Bonchev–Trinajstić information content (AvgIpc) is 2.95. The maximum Gasteiger partial charge on any atom is 0.181 e. The van der Waals surface area contributed by atoms with Gasteiger partial charge in [0.15, 0.2) is 8.68 Å². The first kappa shape index (κ1) is 16.5. The van der Waals surface area contributed by atoms with Gasteiger partial charge >= 0.3 is 0 Å². The third-order valence-electron chi connectivity index (χ3n) is 2.75. The Morgan fingerprint density at radius 2 is 1.90 bits per heavy atom. The first-order valence-corrected chi connectivity index (χ1v) is 9.70. The van der Waals surface area contributed by atoms with Gasteiger partial charge in [0.05, 0.1) is 0 Å². The van der Waals surface area contributed by atoms with Gasteiger partial charge in [0.25, 0.3) is 0 Å². The van der Waals surface area contributed by atoms with E-state index in [2.05, 4.69) is 46.3 Å². The van der Waals surface area contributed by atoms with Crippen molar-refractivity contribution in [1.82, 2.24) is 20.2 Å². The quantitative estimate of drug-likeness (QED) is 0.605. The lowest BCUT2D eigenvalue weighted by atomic mass is 10.3. The second-order valence-electron chi connectivity index (χ2n) is 4.34. The number of rotatable bonds is 7. The summed E-state index contributed by atoms with van der Waals surface area (Å²) in [6.45, 7) is 7.18. The summed E-state index contributed by atoms with van der Waals surface area (Å²) in [5.41, 5.74) is 1.08. The number of anilines is 1. The fourth-order valence-corrected chi connectivity index (χ4v) is 4.07. The van der Waals surface area contributed by atoms with Gasteiger partial charge in [0.2, 0.25) is 0 Å². The molecular formula is C13H19N5S3. The molecule has 5 nitrogen and oxygen atoms in total. The van der Waals surface area contributed by atoms with Crippen LogP contribution >= 0.6 is 34.9 Å². The van der Waals surface area contributed by atoms with Crippen molar-refractivity contribution >= 4 is 40.7 Å². The van der Waals surface area contributed by atoms with Crippen LogP contribution in [-0.2, 0) is 6.42 Å². The predicted molar refractivity (Wildman–Crippen MR) is 90.7 cm³/mol. The Kier molecular flexibility index (Phi) is 6.25. The van der Waals surface area contributed by atoms with E-state index in [9.17, 15) is 0 Å². The van der Waals surface area contributed by atoms with Crippen molar-refractivity contribution in [3.05, 3.63) is 11.4 Å². The number of nitrogens with zero attached hydrogens (tertiary/aromatic N) is 4. The molecule has 0 spiro atoms. The van der Waals surface area contributed by atoms with Crippen LogP contribution in [0.25, 0.3) is 0 Å². The first-order chi connectivity index (χ1) is 10.2. The van der Waals surface area contributed by atoms with Gasteiger partial charge in [-0.1, -0.05) is 36.9 Å². The van der Waals surface area contributed by atoms with E-state index in [1.165, 1.54) is 0 Å². The van der Waals surface area contributed by atoms with Crippen molar-refractivity contribution in [2.75, 3.05) is 18.1 Å². The fourth-order valence-electron chi connectivity index (χ4n) is 1.62. The van der Waals surface area contributed by atoms with E-state index >= 15 is 0 Å². The number of hydrogen-bond donors (Lipinski definition) is 1. The van der Waals surface area contributed by atoms with E-state index < -0.39 is 0 Å². The van der Waals surface area contributed by atoms with Crippen LogP contribution in [0.4, 0.5) is 5.82 Å². The second kappa shape index (κ2) is 7.95. The summed E-state index contributed by atoms with van der Waals surface area (Å²) in [6.07, 6.45) is 3.90. The summed E-state index contributed by atoms with van der Waals surface area (Å²) in [7, 11) is 0. The molecule has 0 aliphatic rings. The molecule has 2 aromatic rings. The van der Waals surface area contributed by atoms with Crippen molar-refractivity contribution in [2.24, 2.45) is 0 Å². The van der Waals surface area contributed by atoms with E-state index in [4.69, 9.17) is 0 Å². The third kappa shape index (κ3) is 4.31. The Balaban J connectivity index is 2.28. The maximum atomic E-state index is 4.63. The van der Waals surface area contributed by atoms with Crippen LogP contribution in [0.15, 0.2) is 13.7 Å². The Morgan fingerprint density at radius 3 is 2.52 bits per heavy atom. The number of nitrogens with one attached hydrogen (secondary N) is 1. The number of hydrogen-bond acceptors (Lipinski definition) is 8. The van der Waals surface area contributed by atoms with Crippen LogP contribution in [0.1, 0.15) is 31.7 Å². The summed E-state index contributed by atoms with van der Waals surface area (Å²) >= 11 is 4.78. The van der Waals surface area contributed by atoms with Crippen molar-refractivity contribution in [2.45, 2.75) is 47.3 Å². The molecule has 0 atom stereocenters. The molecule has 1 N–H and O–H groups in total. The minimum Gasteiger partial charge on any atom is -0.370 e. The number of thioether (sulfide) groups is 1. The predicted octanol–water partition coefficient (Wildman–Crippen LogP) is 3.89. The van der Waals surface area contributed by atoms with Crippen LogP contribution < -0.4 is 5.32 Å². The van der Waals surface area contributed by atoms with Crippen molar-refractivity contribution in [3.8, 4) is 0 Å². The molecule has 2 aromatic heterocycles. The fraction of sp³-hybridized carbons (Fsp3) is 0.538. The normalized spacial score (nSPS) is 10.9. The molecule has 0 bridgehead atoms. The topological polar surface area (TPSA) is 63.6 Å². The molecule has 8 heteroatoms. The van der Waals surface area contributed by atoms with Crippen LogP contribution in [0, 0.1) is 6.92 Å². The van der Waals surface area contributed by atoms with Crippen molar-refractivity contribution in [3.63, 3.8) is 0 Å². The minimum absolute atomic E-state index is 0.820. The highest BCUT2D eigenvalue weighted by atomic mass is 32.2. The molecule has 2 heterocycles. The summed E-state index contributed by atoms with van der Waals surface area (Å²) in [5.74, 6) is 1.79. The molecule has 0 radical (unpaired) electrons. The van der Waals surface area contributed by atoms with Crippen molar-refractivity contribution in [1.29, 1.82) is 0 Å². The summed E-state index contributed by atoms with van der Waals surface area (Å²) in [6, 6.07) is 0. The third-order valence-corrected chi connectivity index (χ3v) is 5.79. The van der Waals surface area contributed by atoms with E-state index in [0.29, 0.717) is 0 Å². The zero-order chi connectivity index (χ0) is 15.2. The van der Waals surface area contributed by atoms with Gasteiger partial charge < -0.3 is 5.32 Å². The number of aromatic nitrogens is 4. The highest BCUT2D eigenvalue weighted by molar-refractivity contribution is 8.03. The Bertz CT molecular complexity index is 599. The Morgan fingerprint density at radius 1 is 1.14 bits per heavy atom. The standard InChI is InChI=1S/C13H19N5S3/c1-5-7-14-10-8(3)11(16-9(6-2)15-10)20-13-18-17-12(19-4)21-13/h5-7H2,1-4H3,(H,14,15,16). The molecule has 0 aliphatic carbocycles. The minimum atomic E-state index is 0.820. The van der Waals surface area contributed by atoms with Gasteiger partial charge in [-0.15, -0.1) is 10.2 Å². The first-order valence-electron chi connectivity index (χ1n) is 6.84. The zero-order valence-electron chi connectivity index (χ0n) is 12.6. The van der Waals surface area contributed by atoms with Crippen LogP contribution in [-0.4, -0.2) is 33.0 Å². The van der Waals surface area contributed by atoms with Crippen molar-refractivity contribution < 1.29 is 0 Å². The summed E-state index contributed by atoms with van der Waals surface area (Å²) in [5, 5.41) is 12.7. The van der Waals surface area contributed by atoms with E-state index in [0.717, 1.165) is 50.3 Å². The van der Waals surface area contributed by atoms with Crippen LogP contribution in [0.5, 0.6) is 0 Å². The molecule has 0 fully saturated rings. The summed E-state index contributed by atoms with van der Waals surface area (Å²) in [4.78, 5) is 9.21. The number of aryl methyl sites for hydroxylation is 1. The van der Waals surface area contributed by atoms with Gasteiger partial charge in [0, 0.05) is 18.5 Å². The summed E-state index contributed by atoms with van der Waals surface area (Å²) < 4.78 is 1.90. The van der Waals surface area contributed by atoms with E-state index in [1.807, 2.05) is 6.26 Å². The molecule has 0 amide bonds. The zero-order valence-corrected chi connectivity index (χ0v) is 15.1. The molecule has 0 unspecified atom stereocenters. The molecule has 21 heavy (non-hydrogen) atoms. The smallest absolute Gasteiger partial charge is 0.181 e. The molecule has 114 valence electrons. The van der Waals surface area contributed by atoms with E-state index in [-0.39, 0.29) is 0 Å². The van der Waals surface area contributed by atoms with Gasteiger partial charge in [0.1, 0.15) is 16.7 Å². The monoisotopic (exact) mass is 341 g/mol. The lowest BCUT2D eigenvalue weighted by Gasteiger charge is -2.12. The van der Waals surface area contributed by atoms with Gasteiger partial charge in [-0.2, -0.15) is 0 Å². The van der Waals surface area contributed by atoms with E-state index in [1.54, 1.807) is 34.9 Å². The molecule has 0 saturated heterocycles. The molecule has 0 saturated carbocycles. The second-order valence-corrected chi connectivity index (χ2v) is 7.61. The molecule has 0 aliphatic heterocycles. The molecular weight excluding hydrogens is 322 g/mol. The Labute approximate surface area is 137 Å². The molecule has 2 rings (SSSR count). The van der Waals surface area contributed by atoms with Crippen LogP contribution in [0.3, 0.4) is 0 Å². The maximum absolute atomic E-state index is 4.63. The van der Waals surface area contributed by atoms with Crippen LogP contribution in [0.2, 0.25) is 0 Å². The van der Waals surface area contributed by atoms with Gasteiger partial charge in [-0.25, -0.2) is 9.97 Å². The Hall–Kier alpha value is -0.860. The lowest BCUT2D eigenvalue weighted by molar-refractivity contribution is 0.860. The molecule has 0 aromatic carbocycles. The highest BCUT2D eigenvalue weighted by Gasteiger charge is 2.14.